The first-order valence-corrected chi connectivity index (χ1v) is 5.33. The molecule has 1 saturated carbocycles. The zero-order valence-electron chi connectivity index (χ0n) is 7.78. The van der Waals surface area contributed by atoms with Gasteiger partial charge in [0.05, 0.1) is 11.0 Å². The largest absolute Gasteiger partial charge is 0.314 e. The molecule has 1 aromatic heterocycles. The zero-order valence-corrected chi connectivity index (χ0v) is 8.54. The van der Waals surface area contributed by atoms with Gasteiger partial charge in [0.15, 0.2) is 0 Å². The normalized spacial score (nSPS) is 16.4. The number of hydrogen-bond acceptors (Lipinski definition) is 1. The summed E-state index contributed by atoms with van der Waals surface area (Å²) in [6, 6.07) is 8.11. The lowest BCUT2D eigenvalue weighted by Gasteiger charge is -2.02. The number of imidazole rings is 1. The van der Waals surface area contributed by atoms with Crippen molar-refractivity contribution >= 4 is 22.6 Å². The molecule has 0 radical (unpaired) electrons. The smallest absolute Gasteiger partial charge is 0.203 e. The summed E-state index contributed by atoms with van der Waals surface area (Å²) in [5.41, 5.74) is 2.16. The fourth-order valence-electron chi connectivity index (χ4n) is 1.78. The Morgan fingerprint density at radius 1 is 1.36 bits per heavy atom. The van der Waals surface area contributed by atoms with E-state index in [0.717, 1.165) is 23.5 Å². The number of fused-ring (bicyclic) bond motifs is 1. The highest BCUT2D eigenvalue weighted by molar-refractivity contribution is 6.29. The van der Waals surface area contributed by atoms with Crippen molar-refractivity contribution in [3.8, 4) is 0 Å². The van der Waals surface area contributed by atoms with Crippen LogP contribution >= 0.6 is 11.6 Å². The molecule has 0 spiro atoms. The van der Waals surface area contributed by atoms with Gasteiger partial charge in [-0.15, -0.1) is 0 Å². The minimum absolute atomic E-state index is 0.623. The molecule has 0 amide bonds. The summed E-state index contributed by atoms with van der Waals surface area (Å²) >= 11 is 6.09. The summed E-state index contributed by atoms with van der Waals surface area (Å²) in [7, 11) is 0. The molecule has 14 heavy (non-hydrogen) atoms. The van der Waals surface area contributed by atoms with Gasteiger partial charge in [-0.2, -0.15) is 0 Å². The molecule has 1 aliphatic carbocycles. The Hall–Kier alpha value is -1.02. The number of para-hydroxylation sites is 2. The molecule has 2 nitrogen and oxygen atoms in total. The molecule has 0 N–H and O–H groups in total. The Bertz CT molecular complexity index is 471. The van der Waals surface area contributed by atoms with Crippen molar-refractivity contribution in [2.45, 2.75) is 19.4 Å². The number of aromatic nitrogens is 2. The van der Waals surface area contributed by atoms with E-state index in [9.17, 15) is 0 Å². The maximum absolute atomic E-state index is 6.09. The topological polar surface area (TPSA) is 17.8 Å². The molecular formula is C11H11ClN2. The minimum atomic E-state index is 0.623. The van der Waals surface area contributed by atoms with Gasteiger partial charge in [0.2, 0.25) is 5.28 Å². The van der Waals surface area contributed by atoms with Crippen LogP contribution in [0.2, 0.25) is 5.28 Å². The van der Waals surface area contributed by atoms with Crippen molar-refractivity contribution in [2.24, 2.45) is 5.92 Å². The number of halogens is 1. The van der Waals surface area contributed by atoms with Crippen molar-refractivity contribution in [3.63, 3.8) is 0 Å². The van der Waals surface area contributed by atoms with Crippen LogP contribution in [-0.2, 0) is 6.54 Å². The molecule has 0 saturated heterocycles. The summed E-state index contributed by atoms with van der Waals surface area (Å²) in [6.07, 6.45) is 2.67. The molecule has 3 heteroatoms. The molecule has 3 rings (SSSR count). The van der Waals surface area contributed by atoms with Crippen LogP contribution < -0.4 is 0 Å². The number of rotatable bonds is 2. The molecular weight excluding hydrogens is 196 g/mol. The van der Waals surface area contributed by atoms with Crippen LogP contribution in [0.5, 0.6) is 0 Å². The molecule has 1 aliphatic rings. The second kappa shape index (κ2) is 2.99. The average molecular weight is 207 g/mol. The van der Waals surface area contributed by atoms with Crippen molar-refractivity contribution in [1.29, 1.82) is 0 Å². The second-order valence-corrected chi connectivity index (χ2v) is 4.26. The predicted octanol–water partition coefficient (Wildman–Crippen LogP) is 3.10. The molecule has 2 aromatic rings. The zero-order chi connectivity index (χ0) is 9.54. The molecule has 1 fully saturated rings. The van der Waals surface area contributed by atoms with E-state index in [1.807, 2.05) is 18.2 Å². The quantitative estimate of drug-likeness (QED) is 0.739. The Labute approximate surface area is 87.5 Å². The van der Waals surface area contributed by atoms with Crippen LogP contribution in [0.3, 0.4) is 0 Å². The van der Waals surface area contributed by atoms with Gasteiger partial charge in [-0.05, 0) is 42.5 Å². The van der Waals surface area contributed by atoms with Crippen LogP contribution in [-0.4, -0.2) is 9.55 Å². The van der Waals surface area contributed by atoms with E-state index in [0.29, 0.717) is 5.28 Å². The van der Waals surface area contributed by atoms with Crippen LogP contribution in [0, 0.1) is 5.92 Å². The molecule has 0 unspecified atom stereocenters. The minimum Gasteiger partial charge on any atom is -0.314 e. The van der Waals surface area contributed by atoms with Crippen molar-refractivity contribution in [3.05, 3.63) is 29.5 Å². The van der Waals surface area contributed by atoms with E-state index in [-0.39, 0.29) is 0 Å². The van der Waals surface area contributed by atoms with Gasteiger partial charge in [-0.25, -0.2) is 4.98 Å². The maximum Gasteiger partial charge on any atom is 0.203 e. The summed E-state index contributed by atoms with van der Waals surface area (Å²) in [4.78, 5) is 4.32. The number of hydrogen-bond donors (Lipinski definition) is 0. The van der Waals surface area contributed by atoms with Gasteiger partial charge >= 0.3 is 0 Å². The summed E-state index contributed by atoms with van der Waals surface area (Å²) < 4.78 is 2.12. The highest BCUT2D eigenvalue weighted by atomic mass is 35.5. The first-order chi connectivity index (χ1) is 6.84. The molecule has 1 aromatic carbocycles. The lowest BCUT2D eigenvalue weighted by atomic mass is 10.3. The molecule has 72 valence electrons. The highest BCUT2D eigenvalue weighted by Gasteiger charge is 2.23. The first kappa shape index (κ1) is 8.30. The first-order valence-electron chi connectivity index (χ1n) is 4.95. The van der Waals surface area contributed by atoms with Gasteiger partial charge in [0.1, 0.15) is 0 Å². The standard InChI is InChI=1S/C11H11ClN2/c12-11-13-9-3-1-2-4-10(9)14(11)7-8-5-6-8/h1-4,8H,5-7H2. The van der Waals surface area contributed by atoms with Crippen molar-refractivity contribution in [2.75, 3.05) is 0 Å². The van der Waals surface area contributed by atoms with Crippen LogP contribution in [0.1, 0.15) is 12.8 Å². The highest BCUT2D eigenvalue weighted by Crippen LogP contribution is 2.33. The Morgan fingerprint density at radius 3 is 2.93 bits per heavy atom. The maximum atomic E-state index is 6.09. The van der Waals surface area contributed by atoms with E-state index in [1.165, 1.54) is 12.8 Å². The Morgan fingerprint density at radius 2 is 2.14 bits per heavy atom. The van der Waals surface area contributed by atoms with E-state index in [1.54, 1.807) is 0 Å². The third-order valence-electron chi connectivity index (χ3n) is 2.75. The van der Waals surface area contributed by atoms with Crippen molar-refractivity contribution in [1.82, 2.24) is 9.55 Å². The SMILES string of the molecule is Clc1nc2ccccc2n1CC1CC1. The second-order valence-electron chi connectivity index (χ2n) is 3.92. The fourth-order valence-corrected chi connectivity index (χ4v) is 2.03. The van der Waals surface area contributed by atoms with Gasteiger partial charge in [0, 0.05) is 6.54 Å². The van der Waals surface area contributed by atoms with E-state index >= 15 is 0 Å². The van der Waals surface area contributed by atoms with Crippen LogP contribution in [0.15, 0.2) is 24.3 Å². The lowest BCUT2D eigenvalue weighted by Crippen LogP contribution is -1.99. The van der Waals surface area contributed by atoms with Gasteiger partial charge in [-0.1, -0.05) is 12.1 Å². The van der Waals surface area contributed by atoms with Gasteiger partial charge < -0.3 is 4.57 Å². The molecule has 0 atom stereocenters. The summed E-state index contributed by atoms with van der Waals surface area (Å²) in [5.74, 6) is 0.824. The predicted molar refractivity (Wildman–Crippen MR) is 57.5 cm³/mol. The molecule has 0 bridgehead atoms. The van der Waals surface area contributed by atoms with Crippen LogP contribution in [0.4, 0.5) is 0 Å². The van der Waals surface area contributed by atoms with Crippen LogP contribution in [0.25, 0.3) is 11.0 Å². The molecule has 0 aliphatic heterocycles. The summed E-state index contributed by atoms with van der Waals surface area (Å²) in [5, 5.41) is 0.623. The van der Waals surface area contributed by atoms with Gasteiger partial charge in [0.25, 0.3) is 0 Å². The fraction of sp³-hybridized carbons (Fsp3) is 0.364. The third kappa shape index (κ3) is 1.30. The average Bonchev–Trinajstić information content (AvgIpc) is 2.93. The summed E-state index contributed by atoms with van der Waals surface area (Å²) in [6.45, 7) is 1.03. The monoisotopic (exact) mass is 206 g/mol. The van der Waals surface area contributed by atoms with Gasteiger partial charge in [-0.3, -0.25) is 0 Å². The third-order valence-corrected chi connectivity index (χ3v) is 3.03. The Balaban J connectivity index is 2.13. The van der Waals surface area contributed by atoms with Crippen molar-refractivity contribution < 1.29 is 0 Å². The lowest BCUT2D eigenvalue weighted by molar-refractivity contribution is 0.643. The van der Waals surface area contributed by atoms with E-state index < -0.39 is 0 Å². The Kier molecular flexibility index (Phi) is 1.77. The number of nitrogens with zero attached hydrogens (tertiary/aromatic N) is 2. The van der Waals surface area contributed by atoms with E-state index in [2.05, 4.69) is 15.6 Å². The molecule has 1 heterocycles. The van der Waals surface area contributed by atoms with E-state index in [4.69, 9.17) is 11.6 Å². The number of benzene rings is 1.